The van der Waals surface area contributed by atoms with Crippen LogP contribution in [0.4, 0.5) is 0 Å². The number of amides is 1. The lowest BCUT2D eigenvalue weighted by molar-refractivity contribution is 0.0746. The molecule has 0 aliphatic heterocycles. The lowest BCUT2D eigenvalue weighted by Crippen LogP contribution is -2.30. The first-order chi connectivity index (χ1) is 9.74. The van der Waals surface area contributed by atoms with Crippen molar-refractivity contribution in [2.24, 2.45) is 5.73 Å². The Bertz CT molecular complexity index is 553. The van der Waals surface area contributed by atoms with Crippen molar-refractivity contribution < 1.29 is 4.79 Å². The molecule has 0 atom stereocenters. The minimum absolute atomic E-state index is 0.132. The first kappa shape index (κ1) is 14.1. The number of carbonyl (C=O) groups excluding carboxylic acids is 1. The second-order valence-corrected chi connectivity index (χ2v) is 4.33. The third-order valence-electron chi connectivity index (χ3n) is 2.91. The van der Waals surface area contributed by atoms with Gasteiger partial charge in [0.15, 0.2) is 5.69 Å². The quantitative estimate of drug-likeness (QED) is 0.818. The van der Waals surface area contributed by atoms with Gasteiger partial charge in [-0.3, -0.25) is 14.5 Å². The van der Waals surface area contributed by atoms with E-state index in [2.05, 4.69) is 15.3 Å². The van der Waals surface area contributed by atoms with Crippen molar-refractivity contribution in [1.82, 2.24) is 24.9 Å². The Hall–Kier alpha value is -2.28. The lowest BCUT2D eigenvalue weighted by Gasteiger charge is -2.19. The zero-order valence-electron chi connectivity index (χ0n) is 11.4. The molecule has 2 aromatic rings. The van der Waals surface area contributed by atoms with E-state index >= 15 is 0 Å². The molecule has 0 bridgehead atoms. The molecule has 20 heavy (non-hydrogen) atoms. The zero-order chi connectivity index (χ0) is 14.4. The predicted octanol–water partition coefficient (Wildman–Crippen LogP) is 0.294. The molecule has 7 nitrogen and oxygen atoms in total. The minimum Gasteiger partial charge on any atom is -0.333 e. The van der Waals surface area contributed by atoms with E-state index in [9.17, 15) is 4.79 Å². The highest BCUT2D eigenvalue weighted by Crippen LogP contribution is 2.07. The van der Waals surface area contributed by atoms with Gasteiger partial charge in [-0.05, 0) is 24.6 Å². The maximum Gasteiger partial charge on any atom is 0.276 e. The van der Waals surface area contributed by atoms with Crippen LogP contribution in [0.15, 0.2) is 30.7 Å². The van der Waals surface area contributed by atoms with Crippen LogP contribution >= 0.6 is 0 Å². The smallest absolute Gasteiger partial charge is 0.276 e. The van der Waals surface area contributed by atoms with E-state index in [0.717, 1.165) is 5.56 Å². The number of nitrogens with two attached hydrogens (primary N) is 1. The largest absolute Gasteiger partial charge is 0.333 e. The SMILES string of the molecule is CCN(Cc1ccncc1)C(=O)c1cn(CCN)nn1. The molecule has 0 aromatic carbocycles. The summed E-state index contributed by atoms with van der Waals surface area (Å²) in [6.45, 7) is 4.08. The van der Waals surface area contributed by atoms with Crippen molar-refractivity contribution in [2.75, 3.05) is 13.1 Å². The standard InChI is InChI=1S/C13H18N6O/c1-2-18(9-11-3-6-15-7-4-11)13(20)12-10-19(8-5-14)17-16-12/h3-4,6-7,10H,2,5,8-9,14H2,1H3. The van der Waals surface area contributed by atoms with E-state index in [1.165, 1.54) is 0 Å². The van der Waals surface area contributed by atoms with Crippen LogP contribution in [-0.2, 0) is 13.1 Å². The van der Waals surface area contributed by atoms with Gasteiger partial charge in [-0.15, -0.1) is 5.10 Å². The fourth-order valence-electron chi connectivity index (χ4n) is 1.84. The third kappa shape index (κ3) is 3.39. The highest BCUT2D eigenvalue weighted by atomic mass is 16.2. The third-order valence-corrected chi connectivity index (χ3v) is 2.91. The van der Waals surface area contributed by atoms with Crippen LogP contribution in [0, 0.1) is 0 Å². The second-order valence-electron chi connectivity index (χ2n) is 4.33. The molecule has 2 aromatic heterocycles. The number of rotatable bonds is 6. The van der Waals surface area contributed by atoms with E-state index in [-0.39, 0.29) is 5.91 Å². The summed E-state index contributed by atoms with van der Waals surface area (Å²) in [6, 6.07) is 3.78. The van der Waals surface area contributed by atoms with Gasteiger partial charge in [-0.25, -0.2) is 0 Å². The van der Waals surface area contributed by atoms with Gasteiger partial charge in [-0.1, -0.05) is 5.21 Å². The van der Waals surface area contributed by atoms with E-state index in [0.29, 0.717) is 31.9 Å². The molecular formula is C13H18N6O. The molecule has 0 aliphatic rings. The summed E-state index contributed by atoms with van der Waals surface area (Å²) >= 11 is 0. The Balaban J connectivity index is 2.08. The number of aromatic nitrogens is 4. The topological polar surface area (TPSA) is 89.9 Å². The minimum atomic E-state index is -0.132. The van der Waals surface area contributed by atoms with Crippen LogP contribution in [0.25, 0.3) is 0 Å². The molecule has 2 heterocycles. The van der Waals surface area contributed by atoms with Crippen LogP contribution in [-0.4, -0.2) is 43.9 Å². The highest BCUT2D eigenvalue weighted by Gasteiger charge is 2.17. The molecule has 2 N–H and O–H groups in total. The van der Waals surface area contributed by atoms with E-state index in [1.54, 1.807) is 28.2 Å². The summed E-state index contributed by atoms with van der Waals surface area (Å²) < 4.78 is 1.58. The summed E-state index contributed by atoms with van der Waals surface area (Å²) in [5.41, 5.74) is 6.82. The van der Waals surface area contributed by atoms with Crippen LogP contribution in [0.5, 0.6) is 0 Å². The van der Waals surface area contributed by atoms with Crippen molar-refractivity contribution >= 4 is 5.91 Å². The normalized spacial score (nSPS) is 10.5. The van der Waals surface area contributed by atoms with Gasteiger partial charge in [0.2, 0.25) is 0 Å². The van der Waals surface area contributed by atoms with Crippen molar-refractivity contribution in [3.8, 4) is 0 Å². The van der Waals surface area contributed by atoms with Crippen LogP contribution in [0.3, 0.4) is 0 Å². The van der Waals surface area contributed by atoms with Gasteiger partial charge in [0.05, 0.1) is 12.7 Å². The monoisotopic (exact) mass is 274 g/mol. The second kappa shape index (κ2) is 6.76. The molecule has 0 saturated carbocycles. The molecule has 1 amide bonds. The number of hydrogen-bond donors (Lipinski definition) is 1. The first-order valence-electron chi connectivity index (χ1n) is 6.53. The van der Waals surface area contributed by atoms with Crippen molar-refractivity contribution in [1.29, 1.82) is 0 Å². The average molecular weight is 274 g/mol. The van der Waals surface area contributed by atoms with Gasteiger partial charge < -0.3 is 10.6 Å². The summed E-state index contributed by atoms with van der Waals surface area (Å²) in [5.74, 6) is -0.132. The molecule has 0 fully saturated rings. The molecule has 0 saturated heterocycles. The molecule has 0 unspecified atom stereocenters. The van der Waals surface area contributed by atoms with Gasteiger partial charge in [0.1, 0.15) is 0 Å². The van der Waals surface area contributed by atoms with E-state index in [4.69, 9.17) is 5.73 Å². The van der Waals surface area contributed by atoms with Gasteiger partial charge in [0.25, 0.3) is 5.91 Å². The van der Waals surface area contributed by atoms with Gasteiger partial charge in [0, 0.05) is 32.0 Å². The van der Waals surface area contributed by atoms with Gasteiger partial charge in [-0.2, -0.15) is 0 Å². The number of carbonyl (C=O) groups is 1. The molecule has 7 heteroatoms. The summed E-state index contributed by atoms with van der Waals surface area (Å²) in [4.78, 5) is 18.0. The highest BCUT2D eigenvalue weighted by molar-refractivity contribution is 5.91. The van der Waals surface area contributed by atoms with Gasteiger partial charge >= 0.3 is 0 Å². The molecule has 2 rings (SSSR count). The maximum absolute atomic E-state index is 12.4. The van der Waals surface area contributed by atoms with Crippen molar-refractivity contribution in [2.45, 2.75) is 20.0 Å². The Morgan fingerprint density at radius 3 is 2.80 bits per heavy atom. The van der Waals surface area contributed by atoms with E-state index in [1.807, 2.05) is 19.1 Å². The maximum atomic E-state index is 12.4. The van der Waals surface area contributed by atoms with Crippen molar-refractivity contribution in [3.05, 3.63) is 42.0 Å². The van der Waals surface area contributed by atoms with E-state index < -0.39 is 0 Å². The number of hydrogen-bond acceptors (Lipinski definition) is 5. The average Bonchev–Trinajstić information content (AvgIpc) is 2.94. The fraction of sp³-hybridized carbons (Fsp3) is 0.385. The van der Waals surface area contributed by atoms with Crippen LogP contribution < -0.4 is 5.73 Å². The lowest BCUT2D eigenvalue weighted by atomic mass is 10.2. The summed E-state index contributed by atoms with van der Waals surface area (Å²) in [6.07, 6.45) is 5.06. The molecule has 106 valence electrons. The molecular weight excluding hydrogens is 256 g/mol. The summed E-state index contributed by atoms with van der Waals surface area (Å²) in [5, 5.41) is 7.78. The van der Waals surface area contributed by atoms with Crippen LogP contribution in [0.2, 0.25) is 0 Å². The fourth-order valence-corrected chi connectivity index (χ4v) is 1.84. The molecule has 0 spiro atoms. The summed E-state index contributed by atoms with van der Waals surface area (Å²) in [7, 11) is 0. The Morgan fingerprint density at radius 2 is 2.15 bits per heavy atom. The number of nitrogens with zero attached hydrogens (tertiary/aromatic N) is 5. The molecule has 0 radical (unpaired) electrons. The first-order valence-corrected chi connectivity index (χ1v) is 6.53. The van der Waals surface area contributed by atoms with Crippen LogP contribution in [0.1, 0.15) is 23.0 Å². The molecule has 0 aliphatic carbocycles. The van der Waals surface area contributed by atoms with Crippen molar-refractivity contribution in [3.63, 3.8) is 0 Å². The Labute approximate surface area is 117 Å². The predicted molar refractivity (Wildman–Crippen MR) is 73.7 cm³/mol. The Kier molecular flexibility index (Phi) is 4.78. The number of pyridine rings is 1. The Morgan fingerprint density at radius 1 is 1.40 bits per heavy atom. The zero-order valence-corrected chi connectivity index (χ0v) is 11.4.